The Balaban J connectivity index is 2.48. The van der Waals surface area contributed by atoms with E-state index in [1.807, 2.05) is 12.1 Å². The molecule has 4 nitrogen and oxygen atoms in total. The van der Waals surface area contributed by atoms with Crippen LogP contribution in [-0.2, 0) is 4.79 Å². The molecular weight excluding hydrogens is 386 g/mol. The summed E-state index contributed by atoms with van der Waals surface area (Å²) in [5.41, 5.74) is 0.714. The van der Waals surface area contributed by atoms with Crippen molar-refractivity contribution in [2.45, 2.75) is 0 Å². The third-order valence-electron chi connectivity index (χ3n) is 2.17. The number of rotatable bonds is 2. The first-order chi connectivity index (χ1) is 8.51. The molecule has 0 spiro atoms. The fourth-order valence-electron chi connectivity index (χ4n) is 1.47. The van der Waals surface area contributed by atoms with Crippen molar-refractivity contribution in [1.82, 2.24) is 5.32 Å². The zero-order chi connectivity index (χ0) is 13.3. The molecule has 0 saturated carbocycles. The highest BCUT2D eigenvalue weighted by Crippen LogP contribution is 2.36. The summed E-state index contributed by atoms with van der Waals surface area (Å²) >= 11 is 7.61. The van der Waals surface area contributed by atoms with E-state index < -0.39 is 0 Å². The molecule has 1 aromatic rings. The monoisotopic (exact) mass is 391 g/mol. The lowest BCUT2D eigenvalue weighted by molar-refractivity contribution is -0.115. The van der Waals surface area contributed by atoms with Crippen LogP contribution in [0, 0.1) is 0 Å². The average molecular weight is 393 g/mol. The Bertz CT molecular complexity index is 572. The summed E-state index contributed by atoms with van der Waals surface area (Å²) in [4.78, 5) is 22.9. The summed E-state index contributed by atoms with van der Waals surface area (Å²) in [6.07, 6.45) is 1.62. The van der Waals surface area contributed by atoms with Crippen LogP contribution >= 0.6 is 43.6 Å². The van der Waals surface area contributed by atoms with E-state index in [0.717, 1.165) is 20.7 Å². The predicted octanol–water partition coefficient (Wildman–Crippen LogP) is 3.54. The lowest BCUT2D eigenvalue weighted by Crippen LogP contribution is -2.17. The van der Waals surface area contributed by atoms with Crippen LogP contribution in [0.15, 0.2) is 26.0 Å². The highest BCUT2D eigenvalue weighted by Gasteiger charge is 2.25. The molecule has 1 fully saturated rings. The number of ether oxygens (including phenoxy) is 1. The molecule has 18 heavy (non-hydrogen) atoms. The molecule has 0 aliphatic carbocycles. The SMILES string of the molecule is COc1c(Br)cc(Br)cc1/C=C1\SC(=O)NC1=O. The second kappa shape index (κ2) is 5.46. The Morgan fingerprint density at radius 3 is 2.61 bits per heavy atom. The van der Waals surface area contributed by atoms with E-state index in [2.05, 4.69) is 37.2 Å². The zero-order valence-electron chi connectivity index (χ0n) is 9.12. The van der Waals surface area contributed by atoms with Gasteiger partial charge in [0.15, 0.2) is 0 Å². The van der Waals surface area contributed by atoms with Crippen LogP contribution in [0.25, 0.3) is 6.08 Å². The Morgan fingerprint density at radius 2 is 2.06 bits per heavy atom. The third kappa shape index (κ3) is 2.78. The largest absolute Gasteiger partial charge is 0.495 e. The van der Waals surface area contributed by atoms with Gasteiger partial charge in [0.05, 0.1) is 16.5 Å². The van der Waals surface area contributed by atoms with E-state index in [1.54, 1.807) is 13.2 Å². The molecule has 1 aromatic carbocycles. The van der Waals surface area contributed by atoms with Crippen molar-refractivity contribution in [3.8, 4) is 5.75 Å². The Hall–Kier alpha value is -0.790. The molecule has 0 radical (unpaired) electrons. The average Bonchev–Trinajstić information content (AvgIpc) is 2.57. The molecule has 2 rings (SSSR count). The first-order valence-corrected chi connectivity index (χ1v) is 7.19. The van der Waals surface area contributed by atoms with Crippen molar-refractivity contribution in [2.24, 2.45) is 0 Å². The van der Waals surface area contributed by atoms with Crippen molar-refractivity contribution < 1.29 is 14.3 Å². The molecule has 0 aromatic heterocycles. The van der Waals surface area contributed by atoms with Crippen LogP contribution in [0.1, 0.15) is 5.56 Å². The second-order valence-electron chi connectivity index (χ2n) is 3.36. The van der Waals surface area contributed by atoms with E-state index in [-0.39, 0.29) is 11.1 Å². The van der Waals surface area contributed by atoms with E-state index in [4.69, 9.17) is 4.74 Å². The van der Waals surface area contributed by atoms with Crippen molar-refractivity contribution in [3.05, 3.63) is 31.5 Å². The topological polar surface area (TPSA) is 55.4 Å². The number of amides is 2. The smallest absolute Gasteiger partial charge is 0.290 e. The minimum absolute atomic E-state index is 0.350. The lowest BCUT2D eigenvalue weighted by atomic mass is 10.2. The van der Waals surface area contributed by atoms with Gasteiger partial charge in [-0.2, -0.15) is 0 Å². The minimum Gasteiger partial charge on any atom is -0.495 e. The molecule has 7 heteroatoms. The third-order valence-corrected chi connectivity index (χ3v) is 4.03. The highest BCUT2D eigenvalue weighted by molar-refractivity contribution is 9.11. The van der Waals surface area contributed by atoms with E-state index in [0.29, 0.717) is 16.2 Å². The summed E-state index contributed by atoms with van der Waals surface area (Å²) in [5, 5.41) is 1.84. The maximum Gasteiger partial charge on any atom is 0.290 e. The molecule has 1 saturated heterocycles. The minimum atomic E-state index is -0.386. The zero-order valence-corrected chi connectivity index (χ0v) is 13.1. The quantitative estimate of drug-likeness (QED) is 0.782. The molecule has 0 unspecified atom stereocenters. The summed E-state index contributed by atoms with van der Waals surface area (Å²) in [5.74, 6) is 0.224. The van der Waals surface area contributed by atoms with Gasteiger partial charge in [0.2, 0.25) is 0 Å². The first-order valence-electron chi connectivity index (χ1n) is 4.79. The van der Waals surface area contributed by atoms with E-state index in [1.165, 1.54) is 0 Å². The van der Waals surface area contributed by atoms with Crippen LogP contribution in [-0.4, -0.2) is 18.3 Å². The number of hydrogen-bond acceptors (Lipinski definition) is 4. The van der Waals surface area contributed by atoms with Gasteiger partial charge in [-0.05, 0) is 45.9 Å². The summed E-state index contributed by atoms with van der Waals surface area (Å²) in [6.45, 7) is 0. The summed E-state index contributed by atoms with van der Waals surface area (Å²) in [7, 11) is 1.54. The number of hydrogen-bond donors (Lipinski definition) is 1. The predicted molar refractivity (Wildman–Crippen MR) is 77.5 cm³/mol. The molecule has 0 bridgehead atoms. The number of methoxy groups -OCH3 is 1. The molecule has 1 aliphatic rings. The van der Waals surface area contributed by atoms with Gasteiger partial charge < -0.3 is 4.74 Å². The standard InChI is InChI=1S/C11H7Br2NO3S/c1-17-9-5(2-6(12)4-7(9)13)3-8-10(15)14-11(16)18-8/h2-4H,1H3,(H,14,15,16)/b8-3-. The molecule has 94 valence electrons. The number of imide groups is 1. The van der Waals surface area contributed by atoms with E-state index >= 15 is 0 Å². The van der Waals surface area contributed by atoms with Crippen molar-refractivity contribution >= 4 is 60.8 Å². The van der Waals surface area contributed by atoms with Crippen LogP contribution in [0.5, 0.6) is 5.75 Å². The number of carbonyl (C=O) groups is 2. The van der Waals surface area contributed by atoms with Gasteiger partial charge in [0, 0.05) is 10.0 Å². The van der Waals surface area contributed by atoms with Crippen LogP contribution < -0.4 is 10.1 Å². The fraction of sp³-hybridized carbons (Fsp3) is 0.0909. The van der Waals surface area contributed by atoms with E-state index in [9.17, 15) is 9.59 Å². The van der Waals surface area contributed by atoms with Gasteiger partial charge in [0.25, 0.3) is 11.1 Å². The maximum atomic E-state index is 11.5. The number of thioether (sulfide) groups is 1. The first kappa shape index (κ1) is 13.6. The second-order valence-corrected chi connectivity index (χ2v) is 6.15. The Labute approximate surface area is 124 Å². The Kier molecular flexibility index (Phi) is 4.14. The molecular formula is C11H7Br2NO3S. The van der Waals surface area contributed by atoms with Crippen molar-refractivity contribution in [1.29, 1.82) is 0 Å². The normalized spacial score (nSPS) is 17.2. The molecule has 1 heterocycles. The van der Waals surface area contributed by atoms with Gasteiger partial charge in [-0.3, -0.25) is 14.9 Å². The fourth-order valence-corrected chi connectivity index (χ4v) is 3.56. The van der Waals surface area contributed by atoms with Crippen molar-refractivity contribution in [3.63, 3.8) is 0 Å². The Morgan fingerprint density at radius 1 is 1.33 bits per heavy atom. The number of carbonyl (C=O) groups excluding carboxylic acids is 2. The summed E-state index contributed by atoms with van der Waals surface area (Å²) < 4.78 is 6.87. The summed E-state index contributed by atoms with van der Waals surface area (Å²) in [6, 6.07) is 3.65. The van der Waals surface area contributed by atoms with Crippen molar-refractivity contribution in [2.75, 3.05) is 7.11 Å². The molecule has 0 atom stereocenters. The maximum absolute atomic E-state index is 11.5. The highest BCUT2D eigenvalue weighted by atomic mass is 79.9. The van der Waals surface area contributed by atoms with Gasteiger partial charge in [-0.15, -0.1) is 0 Å². The molecule has 1 aliphatic heterocycles. The van der Waals surface area contributed by atoms with Gasteiger partial charge in [-0.1, -0.05) is 15.9 Å². The van der Waals surface area contributed by atoms with Gasteiger partial charge in [0.1, 0.15) is 5.75 Å². The van der Waals surface area contributed by atoms with Gasteiger partial charge in [-0.25, -0.2) is 0 Å². The van der Waals surface area contributed by atoms with Crippen LogP contribution in [0.2, 0.25) is 0 Å². The van der Waals surface area contributed by atoms with Crippen LogP contribution in [0.3, 0.4) is 0 Å². The van der Waals surface area contributed by atoms with Crippen LogP contribution in [0.4, 0.5) is 4.79 Å². The molecule has 2 amide bonds. The number of nitrogens with one attached hydrogen (secondary N) is 1. The number of benzene rings is 1. The lowest BCUT2D eigenvalue weighted by Gasteiger charge is -2.08. The molecule has 1 N–H and O–H groups in total. The number of halogens is 2. The van der Waals surface area contributed by atoms with Gasteiger partial charge >= 0.3 is 0 Å².